The third-order valence-corrected chi connectivity index (χ3v) is 5.10. The highest BCUT2D eigenvalue weighted by atomic mass is 32.1. The topological polar surface area (TPSA) is 71.2 Å². The van der Waals surface area contributed by atoms with Gasteiger partial charge in [-0.15, -0.1) is 11.3 Å². The first-order valence-electron chi connectivity index (χ1n) is 8.35. The van der Waals surface area contributed by atoms with Crippen LogP contribution in [0.2, 0.25) is 0 Å². The molecule has 4 rings (SSSR count). The summed E-state index contributed by atoms with van der Waals surface area (Å²) in [6.07, 6.45) is 3.50. The van der Waals surface area contributed by atoms with Gasteiger partial charge in [0.05, 0.1) is 17.9 Å². The summed E-state index contributed by atoms with van der Waals surface area (Å²) in [5.74, 6) is 1.64. The van der Waals surface area contributed by atoms with E-state index in [1.165, 1.54) is 0 Å². The number of nitrogens with zero attached hydrogens (tertiary/aromatic N) is 6. The number of thiazole rings is 1. The van der Waals surface area contributed by atoms with E-state index in [4.69, 9.17) is 4.52 Å². The highest BCUT2D eigenvalue weighted by Gasteiger charge is 2.19. The summed E-state index contributed by atoms with van der Waals surface area (Å²) < 4.78 is 5.31. The molecule has 130 valence electrons. The first kappa shape index (κ1) is 16.3. The Labute approximate surface area is 150 Å². The maximum Gasteiger partial charge on any atom is 0.188 e. The minimum absolute atomic E-state index is 0.700. The number of hydrogen-bond donors (Lipinski definition) is 0. The molecule has 0 atom stereocenters. The minimum Gasteiger partial charge on any atom is -0.360 e. The molecule has 8 heteroatoms. The van der Waals surface area contributed by atoms with E-state index in [0.29, 0.717) is 5.82 Å². The molecule has 0 spiro atoms. The van der Waals surface area contributed by atoms with Crippen LogP contribution in [0, 0.1) is 6.92 Å². The summed E-state index contributed by atoms with van der Waals surface area (Å²) in [5.41, 5.74) is 2.03. The molecule has 1 aliphatic rings. The molecule has 0 saturated carbocycles. The van der Waals surface area contributed by atoms with E-state index in [9.17, 15) is 0 Å². The highest BCUT2D eigenvalue weighted by molar-refractivity contribution is 7.13. The van der Waals surface area contributed by atoms with Gasteiger partial charge in [-0.1, -0.05) is 5.16 Å². The molecular weight excluding hydrogens is 336 g/mol. The van der Waals surface area contributed by atoms with Crippen LogP contribution >= 0.6 is 11.3 Å². The van der Waals surface area contributed by atoms with Gasteiger partial charge in [-0.25, -0.2) is 15.0 Å². The molecule has 1 fully saturated rings. The summed E-state index contributed by atoms with van der Waals surface area (Å²) in [7, 11) is 0. The first-order valence-corrected chi connectivity index (χ1v) is 9.23. The number of hydrogen-bond acceptors (Lipinski definition) is 8. The summed E-state index contributed by atoms with van der Waals surface area (Å²) in [4.78, 5) is 18.0. The average Bonchev–Trinajstić information content (AvgIpc) is 3.27. The Balaban J connectivity index is 1.29. The van der Waals surface area contributed by atoms with E-state index in [2.05, 4.69) is 35.3 Å². The second kappa shape index (κ2) is 7.38. The maximum absolute atomic E-state index is 5.31. The lowest BCUT2D eigenvalue weighted by Crippen LogP contribution is -2.45. The van der Waals surface area contributed by atoms with Gasteiger partial charge >= 0.3 is 0 Å². The van der Waals surface area contributed by atoms with Crippen LogP contribution in [0.25, 0.3) is 10.8 Å². The lowest BCUT2D eigenvalue weighted by molar-refractivity contribution is 0.113. The fourth-order valence-electron chi connectivity index (χ4n) is 2.94. The van der Waals surface area contributed by atoms with E-state index in [-0.39, 0.29) is 0 Å². The van der Waals surface area contributed by atoms with Gasteiger partial charge in [0.25, 0.3) is 0 Å². The second-order valence-electron chi connectivity index (χ2n) is 6.20. The van der Waals surface area contributed by atoms with Crippen molar-refractivity contribution in [3.05, 3.63) is 47.1 Å². The van der Waals surface area contributed by atoms with Crippen LogP contribution in [0.3, 0.4) is 0 Å². The van der Waals surface area contributed by atoms with Crippen molar-refractivity contribution in [2.75, 3.05) is 26.2 Å². The Morgan fingerprint density at radius 3 is 2.48 bits per heavy atom. The van der Waals surface area contributed by atoms with Gasteiger partial charge in [0.15, 0.2) is 16.6 Å². The molecule has 1 saturated heterocycles. The Morgan fingerprint density at radius 2 is 1.80 bits per heavy atom. The van der Waals surface area contributed by atoms with Crippen molar-refractivity contribution in [3.63, 3.8) is 0 Å². The Bertz CT molecular complexity index is 809. The SMILES string of the molecule is Cc1cc(CN2CCN(Cc3csc(-c4ncccn4)n3)CC2)on1. The van der Waals surface area contributed by atoms with Crippen LogP contribution in [0.1, 0.15) is 17.1 Å². The van der Waals surface area contributed by atoms with Gasteiger partial charge in [-0.05, 0) is 13.0 Å². The van der Waals surface area contributed by atoms with Crippen molar-refractivity contribution in [2.45, 2.75) is 20.0 Å². The number of aryl methyl sites for hydroxylation is 1. The standard InChI is InChI=1S/C17H20N6OS/c1-13-9-15(24-21-13)11-23-7-5-22(6-8-23)10-14-12-25-17(20-14)16-18-3-2-4-19-16/h2-4,9,12H,5-8,10-11H2,1H3. The third-order valence-electron chi connectivity index (χ3n) is 4.22. The zero-order chi connectivity index (χ0) is 17.1. The van der Waals surface area contributed by atoms with Crippen molar-refractivity contribution in [2.24, 2.45) is 0 Å². The van der Waals surface area contributed by atoms with Crippen LogP contribution in [0.15, 0.2) is 34.4 Å². The van der Waals surface area contributed by atoms with E-state index in [0.717, 1.165) is 61.4 Å². The summed E-state index contributed by atoms with van der Waals surface area (Å²) in [6, 6.07) is 3.83. The normalized spacial score (nSPS) is 16.4. The smallest absolute Gasteiger partial charge is 0.188 e. The van der Waals surface area contributed by atoms with E-state index < -0.39 is 0 Å². The lowest BCUT2D eigenvalue weighted by atomic mass is 10.2. The molecule has 4 heterocycles. The molecule has 0 amide bonds. The lowest BCUT2D eigenvalue weighted by Gasteiger charge is -2.33. The second-order valence-corrected chi connectivity index (χ2v) is 7.06. The van der Waals surface area contributed by atoms with Crippen LogP contribution in [-0.2, 0) is 13.1 Å². The van der Waals surface area contributed by atoms with Gasteiger partial charge < -0.3 is 4.52 Å². The molecule has 1 aliphatic heterocycles. The predicted octanol–water partition coefficient (Wildman–Crippen LogP) is 2.21. The van der Waals surface area contributed by atoms with E-state index in [1.807, 2.05) is 19.1 Å². The molecule has 0 radical (unpaired) electrons. The fourth-order valence-corrected chi connectivity index (χ4v) is 3.69. The largest absolute Gasteiger partial charge is 0.360 e. The molecule has 0 bridgehead atoms. The van der Waals surface area contributed by atoms with Crippen molar-refractivity contribution in [1.82, 2.24) is 29.9 Å². The predicted molar refractivity (Wildman–Crippen MR) is 94.9 cm³/mol. The van der Waals surface area contributed by atoms with Gasteiger partial charge in [0.2, 0.25) is 0 Å². The number of piperazine rings is 1. The minimum atomic E-state index is 0.700. The van der Waals surface area contributed by atoms with Gasteiger partial charge in [-0.2, -0.15) is 0 Å². The summed E-state index contributed by atoms with van der Waals surface area (Å²) in [6.45, 7) is 7.77. The van der Waals surface area contributed by atoms with E-state index in [1.54, 1.807) is 23.7 Å². The first-order chi connectivity index (χ1) is 12.3. The zero-order valence-corrected chi connectivity index (χ0v) is 14.9. The molecule has 25 heavy (non-hydrogen) atoms. The Kier molecular flexibility index (Phi) is 4.82. The van der Waals surface area contributed by atoms with Gasteiger partial charge in [-0.3, -0.25) is 9.80 Å². The highest BCUT2D eigenvalue weighted by Crippen LogP contribution is 2.21. The molecule has 3 aromatic heterocycles. The number of rotatable bonds is 5. The van der Waals surface area contributed by atoms with Gasteiger partial charge in [0, 0.05) is 56.6 Å². The van der Waals surface area contributed by atoms with Crippen molar-refractivity contribution in [1.29, 1.82) is 0 Å². The molecule has 0 aromatic carbocycles. The number of aromatic nitrogens is 4. The fraction of sp³-hybridized carbons (Fsp3) is 0.412. The van der Waals surface area contributed by atoms with Crippen LogP contribution in [0.5, 0.6) is 0 Å². The summed E-state index contributed by atoms with van der Waals surface area (Å²) >= 11 is 1.60. The molecule has 0 aliphatic carbocycles. The Hall–Kier alpha value is -2.16. The van der Waals surface area contributed by atoms with Crippen molar-refractivity contribution in [3.8, 4) is 10.8 Å². The van der Waals surface area contributed by atoms with Crippen molar-refractivity contribution >= 4 is 11.3 Å². The van der Waals surface area contributed by atoms with Gasteiger partial charge in [0.1, 0.15) is 0 Å². The molecule has 3 aromatic rings. The molecule has 7 nitrogen and oxygen atoms in total. The van der Waals surface area contributed by atoms with E-state index >= 15 is 0 Å². The molecule has 0 unspecified atom stereocenters. The Morgan fingerprint density at radius 1 is 1.08 bits per heavy atom. The summed E-state index contributed by atoms with van der Waals surface area (Å²) in [5, 5.41) is 6.94. The average molecular weight is 356 g/mol. The molecule has 0 N–H and O–H groups in total. The maximum atomic E-state index is 5.31. The zero-order valence-electron chi connectivity index (χ0n) is 14.1. The monoisotopic (exact) mass is 356 g/mol. The van der Waals surface area contributed by atoms with Crippen molar-refractivity contribution < 1.29 is 4.52 Å². The molecular formula is C17H20N6OS. The van der Waals surface area contributed by atoms with Crippen LogP contribution in [-0.4, -0.2) is 56.1 Å². The van der Waals surface area contributed by atoms with Crippen LogP contribution < -0.4 is 0 Å². The van der Waals surface area contributed by atoms with Crippen LogP contribution in [0.4, 0.5) is 0 Å². The quantitative estimate of drug-likeness (QED) is 0.694. The third kappa shape index (κ3) is 4.09.